The van der Waals surface area contributed by atoms with Crippen molar-refractivity contribution in [2.24, 2.45) is 0 Å². The molecule has 2 rings (SSSR count). The fraction of sp³-hybridized carbons (Fsp3) is 0.529. The maximum Gasteiger partial charge on any atom is 0.241 e. The molecule has 0 saturated carbocycles. The van der Waals surface area contributed by atoms with Gasteiger partial charge >= 0.3 is 0 Å². The lowest BCUT2D eigenvalue weighted by atomic mass is 10.2. The Hall–Kier alpha value is -1.88. The van der Waals surface area contributed by atoms with Gasteiger partial charge in [0.25, 0.3) is 0 Å². The highest BCUT2D eigenvalue weighted by molar-refractivity contribution is 5.97. The van der Waals surface area contributed by atoms with Gasteiger partial charge in [0.05, 0.1) is 13.1 Å². The lowest BCUT2D eigenvalue weighted by Gasteiger charge is -2.24. The van der Waals surface area contributed by atoms with Crippen LogP contribution in [0.1, 0.15) is 19.4 Å². The van der Waals surface area contributed by atoms with E-state index in [9.17, 15) is 9.59 Å². The van der Waals surface area contributed by atoms with Gasteiger partial charge in [-0.2, -0.15) is 0 Å². The highest BCUT2D eigenvalue weighted by atomic mass is 16.2. The fourth-order valence-corrected chi connectivity index (χ4v) is 2.88. The molecule has 1 aliphatic heterocycles. The van der Waals surface area contributed by atoms with Gasteiger partial charge < -0.3 is 9.80 Å². The number of anilines is 1. The third kappa shape index (κ3) is 3.65. The minimum absolute atomic E-state index is 0.0554. The first-order chi connectivity index (χ1) is 10.6. The van der Waals surface area contributed by atoms with Crippen LogP contribution in [-0.2, 0) is 16.0 Å². The van der Waals surface area contributed by atoms with Gasteiger partial charge in [0.1, 0.15) is 0 Å². The second-order valence-corrected chi connectivity index (χ2v) is 5.66. The zero-order valence-corrected chi connectivity index (χ0v) is 13.7. The van der Waals surface area contributed by atoms with Crippen molar-refractivity contribution in [2.45, 2.75) is 20.3 Å². The van der Waals surface area contributed by atoms with Crippen molar-refractivity contribution < 1.29 is 9.59 Å². The number of nitrogens with zero attached hydrogens (tertiary/aromatic N) is 3. The van der Waals surface area contributed by atoms with E-state index in [1.165, 1.54) is 5.56 Å². The molecule has 1 heterocycles. The molecular weight excluding hydrogens is 278 g/mol. The molecule has 0 aliphatic carbocycles. The minimum Gasteiger partial charge on any atom is -0.342 e. The molecule has 0 atom stereocenters. The van der Waals surface area contributed by atoms with Crippen LogP contribution in [0.3, 0.4) is 0 Å². The zero-order valence-electron chi connectivity index (χ0n) is 13.7. The predicted octanol–water partition coefficient (Wildman–Crippen LogP) is 1.38. The monoisotopic (exact) mass is 303 g/mol. The summed E-state index contributed by atoms with van der Waals surface area (Å²) in [7, 11) is 1.82. The number of hydrogen-bond acceptors (Lipinski definition) is 3. The average Bonchev–Trinajstić information content (AvgIpc) is 2.92. The first-order valence-corrected chi connectivity index (χ1v) is 7.91. The summed E-state index contributed by atoms with van der Waals surface area (Å²) in [4.78, 5) is 30.0. The van der Waals surface area contributed by atoms with Crippen molar-refractivity contribution in [1.82, 2.24) is 9.80 Å². The lowest BCUT2D eigenvalue weighted by molar-refractivity contribution is -0.132. The van der Waals surface area contributed by atoms with Crippen molar-refractivity contribution in [3.05, 3.63) is 29.8 Å². The molecule has 0 unspecified atom stereocenters. The van der Waals surface area contributed by atoms with E-state index in [1.54, 1.807) is 9.80 Å². The molecule has 5 heteroatoms. The van der Waals surface area contributed by atoms with E-state index in [2.05, 4.69) is 6.07 Å². The van der Waals surface area contributed by atoms with Gasteiger partial charge in [0.15, 0.2) is 0 Å². The first-order valence-electron chi connectivity index (χ1n) is 7.91. The van der Waals surface area contributed by atoms with E-state index in [1.807, 2.05) is 44.0 Å². The summed E-state index contributed by atoms with van der Waals surface area (Å²) < 4.78 is 0. The van der Waals surface area contributed by atoms with Crippen LogP contribution in [0.25, 0.3) is 0 Å². The normalized spacial score (nSPS) is 13.4. The Morgan fingerprint density at radius 3 is 2.50 bits per heavy atom. The Labute approximate surface area is 132 Å². The molecule has 0 radical (unpaired) electrons. The van der Waals surface area contributed by atoms with Crippen molar-refractivity contribution in [3.8, 4) is 0 Å². The molecule has 2 amide bonds. The number of rotatable bonds is 6. The van der Waals surface area contributed by atoms with Crippen LogP contribution in [0, 0.1) is 0 Å². The summed E-state index contributed by atoms with van der Waals surface area (Å²) in [6.07, 6.45) is 0.907. The average molecular weight is 303 g/mol. The van der Waals surface area contributed by atoms with Gasteiger partial charge in [-0.05, 0) is 38.9 Å². The largest absolute Gasteiger partial charge is 0.342 e. The van der Waals surface area contributed by atoms with Gasteiger partial charge in [0, 0.05) is 25.3 Å². The van der Waals surface area contributed by atoms with Gasteiger partial charge in [-0.15, -0.1) is 0 Å². The van der Waals surface area contributed by atoms with Gasteiger partial charge in [-0.3, -0.25) is 14.5 Å². The summed E-state index contributed by atoms with van der Waals surface area (Å²) in [5.74, 6) is 0.127. The third-order valence-corrected chi connectivity index (χ3v) is 4.11. The van der Waals surface area contributed by atoms with E-state index >= 15 is 0 Å². The molecule has 0 N–H and O–H groups in total. The summed E-state index contributed by atoms with van der Waals surface area (Å²) in [6, 6.07) is 8.01. The van der Waals surface area contributed by atoms with Crippen molar-refractivity contribution in [2.75, 3.05) is 44.7 Å². The maximum atomic E-state index is 12.5. The standard InChI is InChI=1S/C17H25N3O2/c1-4-19(5-2)16(21)12-18(3)13-17(22)20-11-10-14-8-6-7-9-15(14)20/h6-9H,4-5,10-13H2,1-3H3. The Bertz CT molecular complexity index is 540. The second-order valence-electron chi connectivity index (χ2n) is 5.66. The number of carbonyl (C=O) groups excluding carboxylic acids is 2. The predicted molar refractivity (Wildman–Crippen MR) is 87.9 cm³/mol. The molecular formula is C17H25N3O2. The number of benzene rings is 1. The maximum absolute atomic E-state index is 12.5. The van der Waals surface area contributed by atoms with Crippen LogP contribution in [0.5, 0.6) is 0 Å². The molecule has 120 valence electrons. The van der Waals surface area contributed by atoms with Crippen LogP contribution in [-0.4, -0.2) is 61.4 Å². The zero-order chi connectivity index (χ0) is 16.1. The van der Waals surface area contributed by atoms with Crippen LogP contribution in [0.2, 0.25) is 0 Å². The Morgan fingerprint density at radius 2 is 1.82 bits per heavy atom. The van der Waals surface area contributed by atoms with Crippen molar-refractivity contribution >= 4 is 17.5 Å². The van der Waals surface area contributed by atoms with E-state index in [0.29, 0.717) is 13.1 Å². The van der Waals surface area contributed by atoms with Crippen LogP contribution in [0.15, 0.2) is 24.3 Å². The van der Waals surface area contributed by atoms with Gasteiger partial charge in [-0.25, -0.2) is 0 Å². The number of likely N-dealkylation sites (N-methyl/N-ethyl adjacent to an activating group) is 2. The van der Waals surface area contributed by atoms with E-state index in [4.69, 9.17) is 0 Å². The second kappa shape index (κ2) is 7.40. The van der Waals surface area contributed by atoms with E-state index < -0.39 is 0 Å². The van der Waals surface area contributed by atoms with E-state index in [0.717, 1.165) is 18.7 Å². The molecule has 22 heavy (non-hydrogen) atoms. The summed E-state index contributed by atoms with van der Waals surface area (Å²) >= 11 is 0. The molecule has 0 fully saturated rings. The van der Waals surface area contributed by atoms with Crippen LogP contribution >= 0.6 is 0 Å². The highest BCUT2D eigenvalue weighted by Gasteiger charge is 2.25. The molecule has 0 aromatic heterocycles. The van der Waals surface area contributed by atoms with Gasteiger partial charge in [-0.1, -0.05) is 18.2 Å². The Kier molecular flexibility index (Phi) is 5.55. The molecule has 0 saturated heterocycles. The molecule has 0 spiro atoms. The molecule has 1 aromatic carbocycles. The van der Waals surface area contributed by atoms with Crippen molar-refractivity contribution in [3.63, 3.8) is 0 Å². The molecule has 5 nitrogen and oxygen atoms in total. The molecule has 1 aromatic rings. The molecule has 1 aliphatic rings. The number of fused-ring (bicyclic) bond motifs is 1. The van der Waals surface area contributed by atoms with E-state index in [-0.39, 0.29) is 24.9 Å². The quantitative estimate of drug-likeness (QED) is 0.797. The topological polar surface area (TPSA) is 43.9 Å². The van der Waals surface area contributed by atoms with Crippen LogP contribution < -0.4 is 4.90 Å². The Morgan fingerprint density at radius 1 is 1.14 bits per heavy atom. The van der Waals surface area contributed by atoms with Crippen molar-refractivity contribution in [1.29, 1.82) is 0 Å². The van der Waals surface area contributed by atoms with Gasteiger partial charge in [0.2, 0.25) is 11.8 Å². The number of para-hydroxylation sites is 1. The number of carbonyl (C=O) groups is 2. The summed E-state index contributed by atoms with van der Waals surface area (Å²) in [5.41, 5.74) is 2.23. The molecule has 0 bridgehead atoms. The third-order valence-electron chi connectivity index (χ3n) is 4.11. The number of amides is 2. The highest BCUT2D eigenvalue weighted by Crippen LogP contribution is 2.27. The fourth-order valence-electron chi connectivity index (χ4n) is 2.88. The first kappa shape index (κ1) is 16.5. The SMILES string of the molecule is CCN(CC)C(=O)CN(C)CC(=O)N1CCc2ccccc21. The smallest absolute Gasteiger partial charge is 0.241 e. The Balaban J connectivity index is 1.91. The van der Waals surface area contributed by atoms with Crippen LogP contribution in [0.4, 0.5) is 5.69 Å². The minimum atomic E-state index is 0.0554. The summed E-state index contributed by atoms with van der Waals surface area (Å²) in [5, 5.41) is 0. The number of hydrogen-bond donors (Lipinski definition) is 0. The summed E-state index contributed by atoms with van der Waals surface area (Å²) in [6.45, 7) is 6.62. The lowest BCUT2D eigenvalue weighted by Crippen LogP contribution is -2.43.